The van der Waals surface area contributed by atoms with Gasteiger partial charge in [-0.15, -0.1) is 0 Å². The van der Waals surface area contributed by atoms with E-state index in [-0.39, 0.29) is 17.2 Å². The minimum absolute atomic E-state index is 0.000584. The van der Waals surface area contributed by atoms with Crippen LogP contribution in [-0.2, 0) is 10.2 Å². The van der Waals surface area contributed by atoms with Gasteiger partial charge in [-0.05, 0) is 49.3 Å². The Morgan fingerprint density at radius 2 is 1.77 bits per heavy atom. The molecule has 3 aliphatic rings. The molecule has 30 heavy (non-hydrogen) atoms. The zero-order chi connectivity index (χ0) is 20.7. The number of amides is 1. The van der Waals surface area contributed by atoms with Gasteiger partial charge >= 0.3 is 0 Å². The van der Waals surface area contributed by atoms with Gasteiger partial charge in [0.2, 0.25) is 5.91 Å². The van der Waals surface area contributed by atoms with Crippen LogP contribution in [0.2, 0.25) is 0 Å². The topological polar surface area (TPSA) is 39.7 Å². The van der Waals surface area contributed by atoms with E-state index in [1.165, 1.54) is 29.7 Å². The molecule has 1 aromatic heterocycles. The second kappa shape index (κ2) is 7.60. The fourth-order valence-corrected chi connectivity index (χ4v) is 5.82. The van der Waals surface area contributed by atoms with Gasteiger partial charge in [-0.3, -0.25) is 4.79 Å². The predicted octanol–water partition coefficient (Wildman–Crippen LogP) is 3.80. The lowest BCUT2D eigenvalue weighted by Crippen LogP contribution is -2.42. The Kier molecular flexibility index (Phi) is 4.92. The fourth-order valence-electron chi connectivity index (χ4n) is 5.82. The molecule has 0 N–H and O–H groups in total. The van der Waals surface area contributed by atoms with Crippen molar-refractivity contribution in [3.05, 3.63) is 53.7 Å². The van der Waals surface area contributed by atoms with Crippen molar-refractivity contribution >= 4 is 17.4 Å². The third-order valence-electron chi connectivity index (χ3n) is 7.49. The Morgan fingerprint density at radius 3 is 2.50 bits per heavy atom. The number of piperidine rings is 1. The van der Waals surface area contributed by atoms with Gasteiger partial charge in [0, 0.05) is 63.6 Å². The van der Waals surface area contributed by atoms with Crippen molar-refractivity contribution in [3.63, 3.8) is 0 Å². The lowest BCUT2D eigenvalue weighted by Gasteiger charge is -2.41. The number of aromatic nitrogens is 1. The van der Waals surface area contributed by atoms with Gasteiger partial charge in [0.25, 0.3) is 0 Å². The summed E-state index contributed by atoms with van der Waals surface area (Å²) in [5, 5.41) is 0. The summed E-state index contributed by atoms with van der Waals surface area (Å²) >= 11 is 0. The number of benzene rings is 1. The molecule has 1 unspecified atom stereocenters. The number of rotatable bonds is 3. The van der Waals surface area contributed by atoms with Gasteiger partial charge in [-0.2, -0.15) is 0 Å². The zero-order valence-corrected chi connectivity index (χ0v) is 18.2. The standard InChI is InChI=1S/C25H32N4O/c1-27(2)24(30)21-18-25(22-8-4-3-7-20(21)22)10-15-29(16-11-25)23-17-19(9-12-26-23)28-13-5-6-14-28/h3-4,7-9,12,17,21H,5-6,10-11,13-16,18H2,1-2H3. The van der Waals surface area contributed by atoms with Crippen molar-refractivity contribution in [1.82, 2.24) is 9.88 Å². The molecule has 3 heterocycles. The van der Waals surface area contributed by atoms with Crippen molar-refractivity contribution in [3.8, 4) is 0 Å². The number of hydrogen-bond donors (Lipinski definition) is 0. The molecule has 5 heteroatoms. The van der Waals surface area contributed by atoms with E-state index in [0.29, 0.717) is 0 Å². The molecule has 2 aromatic rings. The summed E-state index contributed by atoms with van der Waals surface area (Å²) in [7, 11) is 3.75. The first-order valence-corrected chi connectivity index (χ1v) is 11.3. The van der Waals surface area contributed by atoms with Crippen LogP contribution in [0.3, 0.4) is 0 Å². The SMILES string of the molecule is CN(C)C(=O)C1CC2(CCN(c3cc(N4CCCC4)ccn3)CC2)c2ccccc21. The minimum Gasteiger partial charge on any atom is -0.371 e. The van der Waals surface area contributed by atoms with Crippen LogP contribution in [0.4, 0.5) is 11.5 Å². The average Bonchev–Trinajstić information content (AvgIpc) is 3.42. The third kappa shape index (κ3) is 3.24. The Hall–Kier alpha value is -2.56. The fraction of sp³-hybridized carbons (Fsp3) is 0.520. The first-order chi connectivity index (χ1) is 14.6. The molecular formula is C25H32N4O. The summed E-state index contributed by atoms with van der Waals surface area (Å²) in [6.07, 6.45) is 7.64. The summed E-state index contributed by atoms with van der Waals surface area (Å²) in [6, 6.07) is 13.1. The second-order valence-corrected chi connectivity index (χ2v) is 9.41. The molecule has 158 valence electrons. The van der Waals surface area contributed by atoms with E-state index >= 15 is 0 Å². The van der Waals surface area contributed by atoms with Crippen LogP contribution in [0.15, 0.2) is 42.6 Å². The Labute approximate surface area is 179 Å². The van der Waals surface area contributed by atoms with Gasteiger partial charge in [0.1, 0.15) is 5.82 Å². The number of carbonyl (C=O) groups is 1. The van der Waals surface area contributed by atoms with Crippen molar-refractivity contribution < 1.29 is 4.79 Å². The van der Waals surface area contributed by atoms with Crippen LogP contribution in [0, 0.1) is 0 Å². The molecule has 2 fully saturated rings. The van der Waals surface area contributed by atoms with Gasteiger partial charge in [-0.25, -0.2) is 4.98 Å². The number of hydrogen-bond acceptors (Lipinski definition) is 4. The zero-order valence-electron chi connectivity index (χ0n) is 18.2. The molecule has 0 radical (unpaired) electrons. The molecular weight excluding hydrogens is 372 g/mol. The maximum Gasteiger partial charge on any atom is 0.229 e. The Morgan fingerprint density at radius 1 is 1.03 bits per heavy atom. The smallest absolute Gasteiger partial charge is 0.229 e. The molecule has 1 spiro atoms. The molecule has 5 nitrogen and oxygen atoms in total. The lowest BCUT2D eigenvalue weighted by atomic mass is 9.73. The van der Waals surface area contributed by atoms with Crippen LogP contribution in [0.5, 0.6) is 0 Å². The van der Waals surface area contributed by atoms with E-state index in [4.69, 9.17) is 4.98 Å². The molecule has 2 saturated heterocycles. The molecule has 5 rings (SSSR count). The van der Waals surface area contributed by atoms with Crippen LogP contribution in [0.25, 0.3) is 0 Å². The van der Waals surface area contributed by atoms with Crippen molar-refractivity contribution in [2.75, 3.05) is 50.1 Å². The molecule has 0 saturated carbocycles. The van der Waals surface area contributed by atoms with E-state index < -0.39 is 0 Å². The van der Waals surface area contributed by atoms with Gasteiger partial charge < -0.3 is 14.7 Å². The Bertz CT molecular complexity index is 926. The molecule has 1 amide bonds. The predicted molar refractivity (Wildman–Crippen MR) is 121 cm³/mol. The number of fused-ring (bicyclic) bond motifs is 2. The summed E-state index contributed by atoms with van der Waals surface area (Å²) < 4.78 is 0. The van der Waals surface area contributed by atoms with Gasteiger partial charge in [-0.1, -0.05) is 24.3 Å². The summed E-state index contributed by atoms with van der Waals surface area (Å²) in [6.45, 7) is 4.30. The molecule has 1 aromatic carbocycles. The number of nitrogens with zero attached hydrogens (tertiary/aromatic N) is 4. The van der Waals surface area contributed by atoms with Gasteiger partial charge in [0.05, 0.1) is 5.92 Å². The summed E-state index contributed by atoms with van der Waals surface area (Å²) in [5.74, 6) is 1.34. The van der Waals surface area contributed by atoms with Crippen LogP contribution in [0.1, 0.15) is 49.1 Å². The minimum atomic E-state index is -0.000584. The highest BCUT2D eigenvalue weighted by molar-refractivity contribution is 5.85. The lowest BCUT2D eigenvalue weighted by molar-refractivity contribution is -0.130. The first-order valence-electron chi connectivity index (χ1n) is 11.3. The molecule has 1 atom stereocenters. The van der Waals surface area contributed by atoms with Crippen LogP contribution >= 0.6 is 0 Å². The highest BCUT2D eigenvalue weighted by atomic mass is 16.2. The highest BCUT2D eigenvalue weighted by Crippen LogP contribution is 2.52. The number of likely N-dealkylation sites (N-methyl/N-ethyl adjacent to an activating group) is 1. The molecule has 2 aliphatic heterocycles. The van der Waals surface area contributed by atoms with Crippen molar-refractivity contribution in [1.29, 1.82) is 0 Å². The van der Waals surface area contributed by atoms with E-state index in [2.05, 4.69) is 46.2 Å². The van der Waals surface area contributed by atoms with Gasteiger partial charge in [0.15, 0.2) is 0 Å². The van der Waals surface area contributed by atoms with E-state index in [9.17, 15) is 4.79 Å². The Balaban J connectivity index is 1.36. The molecule has 0 bridgehead atoms. The van der Waals surface area contributed by atoms with Crippen LogP contribution < -0.4 is 9.80 Å². The third-order valence-corrected chi connectivity index (χ3v) is 7.49. The van der Waals surface area contributed by atoms with E-state index in [1.807, 2.05) is 20.3 Å². The number of anilines is 2. The second-order valence-electron chi connectivity index (χ2n) is 9.41. The number of carbonyl (C=O) groups excluding carboxylic acids is 1. The average molecular weight is 405 g/mol. The van der Waals surface area contributed by atoms with E-state index in [0.717, 1.165) is 51.3 Å². The van der Waals surface area contributed by atoms with Crippen LogP contribution in [-0.4, -0.2) is 56.1 Å². The molecule has 1 aliphatic carbocycles. The van der Waals surface area contributed by atoms with E-state index in [1.54, 1.807) is 4.90 Å². The monoisotopic (exact) mass is 404 g/mol. The largest absolute Gasteiger partial charge is 0.371 e. The van der Waals surface area contributed by atoms with Crippen molar-refractivity contribution in [2.45, 2.75) is 43.4 Å². The normalized spacial score (nSPS) is 22.4. The summed E-state index contributed by atoms with van der Waals surface area (Å²) in [5.41, 5.74) is 4.08. The maximum absolute atomic E-state index is 12.9. The van der Waals surface area contributed by atoms with Crippen molar-refractivity contribution in [2.24, 2.45) is 0 Å². The quantitative estimate of drug-likeness (QED) is 0.780. The maximum atomic E-state index is 12.9. The summed E-state index contributed by atoms with van der Waals surface area (Å²) in [4.78, 5) is 24.2. The first kappa shape index (κ1) is 19.4. The highest BCUT2D eigenvalue weighted by Gasteiger charge is 2.47. The number of pyridine rings is 1.